The van der Waals surface area contributed by atoms with Crippen LogP contribution in [0.25, 0.3) is 0 Å². The first kappa shape index (κ1) is 15.7. The summed E-state index contributed by atoms with van der Waals surface area (Å²) in [4.78, 5) is 13.7. The average Bonchev–Trinajstić information content (AvgIpc) is 2.43. The third-order valence-electron chi connectivity index (χ3n) is 3.20. The van der Waals surface area contributed by atoms with Crippen molar-refractivity contribution in [2.45, 2.75) is 39.9 Å². The molecule has 1 atom stereocenters. The fourth-order valence-electron chi connectivity index (χ4n) is 1.82. The summed E-state index contributed by atoms with van der Waals surface area (Å²) in [5.41, 5.74) is 7.88. The standard InChI is InChI=1S/C15H25N3O/c1-4-18(5-2)11-14-8-6-13(7-9-14)10-17-15(19)12(3)16/h6-9,12H,4-5,10-11,16H2,1-3H3,(H,17,19)/t12-/m0/s1. The number of carbonyl (C=O) groups is 1. The highest BCUT2D eigenvalue weighted by Crippen LogP contribution is 2.07. The Labute approximate surface area is 116 Å². The number of nitrogens with zero attached hydrogens (tertiary/aromatic N) is 1. The lowest BCUT2D eigenvalue weighted by Gasteiger charge is -2.18. The van der Waals surface area contributed by atoms with Gasteiger partial charge < -0.3 is 11.1 Å². The molecule has 1 rings (SSSR count). The number of amides is 1. The minimum absolute atomic E-state index is 0.118. The number of nitrogens with one attached hydrogen (secondary N) is 1. The second-order valence-corrected chi connectivity index (χ2v) is 4.78. The van der Waals surface area contributed by atoms with Crippen molar-refractivity contribution < 1.29 is 4.79 Å². The maximum atomic E-state index is 11.4. The summed E-state index contributed by atoms with van der Waals surface area (Å²) in [6.07, 6.45) is 0. The summed E-state index contributed by atoms with van der Waals surface area (Å²) >= 11 is 0. The quantitative estimate of drug-likeness (QED) is 0.783. The Morgan fingerprint density at radius 3 is 2.21 bits per heavy atom. The summed E-state index contributed by atoms with van der Waals surface area (Å²) in [6, 6.07) is 7.89. The van der Waals surface area contributed by atoms with Crippen LogP contribution in [0.2, 0.25) is 0 Å². The lowest BCUT2D eigenvalue weighted by atomic mass is 10.1. The van der Waals surface area contributed by atoms with Gasteiger partial charge in [0.1, 0.15) is 0 Å². The van der Waals surface area contributed by atoms with Crippen molar-refractivity contribution in [1.82, 2.24) is 10.2 Å². The monoisotopic (exact) mass is 263 g/mol. The van der Waals surface area contributed by atoms with Crippen LogP contribution in [-0.2, 0) is 17.9 Å². The zero-order chi connectivity index (χ0) is 14.3. The molecule has 4 nitrogen and oxygen atoms in total. The van der Waals surface area contributed by atoms with Crippen molar-refractivity contribution in [1.29, 1.82) is 0 Å². The zero-order valence-electron chi connectivity index (χ0n) is 12.1. The Morgan fingerprint density at radius 2 is 1.74 bits per heavy atom. The van der Waals surface area contributed by atoms with Crippen LogP contribution < -0.4 is 11.1 Å². The summed E-state index contributed by atoms with van der Waals surface area (Å²) in [6.45, 7) is 9.64. The molecule has 0 aliphatic heterocycles. The Bertz CT molecular complexity index is 383. The molecule has 0 radical (unpaired) electrons. The van der Waals surface area contributed by atoms with Crippen molar-refractivity contribution in [2.75, 3.05) is 13.1 Å². The van der Waals surface area contributed by atoms with Gasteiger partial charge in [-0.15, -0.1) is 0 Å². The molecule has 3 N–H and O–H groups in total. The summed E-state index contributed by atoms with van der Waals surface area (Å²) in [5.74, 6) is -0.118. The smallest absolute Gasteiger partial charge is 0.236 e. The van der Waals surface area contributed by atoms with Gasteiger partial charge >= 0.3 is 0 Å². The van der Waals surface area contributed by atoms with Gasteiger partial charge in [0.15, 0.2) is 0 Å². The molecule has 0 saturated carbocycles. The van der Waals surface area contributed by atoms with E-state index in [0.717, 1.165) is 25.2 Å². The number of hydrogen-bond acceptors (Lipinski definition) is 3. The maximum Gasteiger partial charge on any atom is 0.236 e. The second kappa shape index (κ2) is 7.92. The predicted octanol–water partition coefficient (Wildman–Crippen LogP) is 1.49. The molecule has 1 aromatic carbocycles. The van der Waals surface area contributed by atoms with Crippen LogP contribution >= 0.6 is 0 Å². The minimum atomic E-state index is -0.457. The van der Waals surface area contributed by atoms with Crippen LogP contribution in [0.15, 0.2) is 24.3 Å². The fraction of sp³-hybridized carbons (Fsp3) is 0.533. The highest BCUT2D eigenvalue weighted by atomic mass is 16.2. The van der Waals surface area contributed by atoms with E-state index in [0.29, 0.717) is 6.54 Å². The maximum absolute atomic E-state index is 11.4. The zero-order valence-corrected chi connectivity index (χ0v) is 12.1. The second-order valence-electron chi connectivity index (χ2n) is 4.78. The minimum Gasteiger partial charge on any atom is -0.351 e. The van der Waals surface area contributed by atoms with E-state index < -0.39 is 6.04 Å². The molecule has 0 spiro atoms. The van der Waals surface area contributed by atoms with E-state index in [-0.39, 0.29) is 5.91 Å². The third-order valence-corrected chi connectivity index (χ3v) is 3.20. The summed E-state index contributed by atoms with van der Waals surface area (Å²) in [5, 5.41) is 2.81. The number of hydrogen-bond donors (Lipinski definition) is 2. The van der Waals surface area contributed by atoms with Gasteiger partial charge in [-0.3, -0.25) is 9.69 Å². The van der Waals surface area contributed by atoms with Gasteiger partial charge in [0.25, 0.3) is 0 Å². The Morgan fingerprint density at radius 1 is 1.21 bits per heavy atom. The van der Waals surface area contributed by atoms with Crippen LogP contribution in [0.3, 0.4) is 0 Å². The van der Waals surface area contributed by atoms with Gasteiger partial charge in [0, 0.05) is 13.1 Å². The van der Waals surface area contributed by atoms with Crippen molar-refractivity contribution in [3.05, 3.63) is 35.4 Å². The molecule has 0 unspecified atom stereocenters. The van der Waals surface area contributed by atoms with Gasteiger partial charge in [-0.05, 0) is 31.1 Å². The third kappa shape index (κ3) is 5.41. The van der Waals surface area contributed by atoms with E-state index >= 15 is 0 Å². The number of rotatable bonds is 7. The molecule has 0 aliphatic rings. The van der Waals surface area contributed by atoms with E-state index in [1.54, 1.807) is 6.92 Å². The molecule has 1 amide bonds. The first-order valence-corrected chi connectivity index (χ1v) is 6.90. The van der Waals surface area contributed by atoms with Crippen molar-refractivity contribution in [2.24, 2.45) is 5.73 Å². The van der Waals surface area contributed by atoms with E-state index in [2.05, 4.69) is 48.3 Å². The summed E-state index contributed by atoms with van der Waals surface area (Å²) < 4.78 is 0. The highest BCUT2D eigenvalue weighted by molar-refractivity contribution is 5.80. The first-order valence-electron chi connectivity index (χ1n) is 6.90. The molecule has 0 bridgehead atoms. The van der Waals surface area contributed by atoms with E-state index in [1.807, 2.05) is 0 Å². The van der Waals surface area contributed by atoms with Gasteiger partial charge in [-0.25, -0.2) is 0 Å². The van der Waals surface area contributed by atoms with E-state index in [9.17, 15) is 4.79 Å². The highest BCUT2D eigenvalue weighted by Gasteiger charge is 2.06. The SMILES string of the molecule is CCN(CC)Cc1ccc(CNC(=O)[C@H](C)N)cc1. The van der Waals surface area contributed by atoms with Crippen LogP contribution in [-0.4, -0.2) is 29.9 Å². The van der Waals surface area contributed by atoms with Gasteiger partial charge in [0.05, 0.1) is 6.04 Å². The molecule has 0 aliphatic carbocycles. The molecule has 19 heavy (non-hydrogen) atoms. The average molecular weight is 263 g/mol. The van der Waals surface area contributed by atoms with Crippen molar-refractivity contribution in [3.63, 3.8) is 0 Å². The van der Waals surface area contributed by atoms with Crippen LogP contribution in [0.4, 0.5) is 0 Å². The van der Waals surface area contributed by atoms with Crippen LogP contribution in [0.5, 0.6) is 0 Å². The van der Waals surface area contributed by atoms with Gasteiger partial charge in [-0.2, -0.15) is 0 Å². The molecular weight excluding hydrogens is 238 g/mol. The Kier molecular flexibility index (Phi) is 6.53. The fourth-order valence-corrected chi connectivity index (χ4v) is 1.82. The van der Waals surface area contributed by atoms with Crippen LogP contribution in [0.1, 0.15) is 31.9 Å². The molecule has 0 fully saturated rings. The van der Waals surface area contributed by atoms with Gasteiger partial charge in [-0.1, -0.05) is 38.1 Å². The van der Waals surface area contributed by atoms with Crippen molar-refractivity contribution >= 4 is 5.91 Å². The van der Waals surface area contributed by atoms with E-state index in [4.69, 9.17) is 5.73 Å². The van der Waals surface area contributed by atoms with Crippen LogP contribution in [0, 0.1) is 0 Å². The van der Waals surface area contributed by atoms with Gasteiger partial charge in [0.2, 0.25) is 5.91 Å². The predicted molar refractivity (Wildman–Crippen MR) is 78.6 cm³/mol. The van der Waals surface area contributed by atoms with Crippen molar-refractivity contribution in [3.8, 4) is 0 Å². The largest absolute Gasteiger partial charge is 0.351 e. The molecule has 0 aromatic heterocycles. The molecule has 106 valence electrons. The number of carbonyl (C=O) groups excluding carboxylic acids is 1. The number of benzene rings is 1. The van der Waals surface area contributed by atoms with E-state index in [1.165, 1.54) is 5.56 Å². The molecule has 0 saturated heterocycles. The first-order chi connectivity index (χ1) is 9.06. The Hall–Kier alpha value is -1.39. The normalized spacial score (nSPS) is 12.5. The molecule has 1 aromatic rings. The lowest BCUT2D eigenvalue weighted by Crippen LogP contribution is -2.37. The summed E-state index contributed by atoms with van der Waals surface area (Å²) in [7, 11) is 0. The lowest BCUT2D eigenvalue weighted by molar-refractivity contribution is -0.122. The Balaban J connectivity index is 2.49. The number of nitrogens with two attached hydrogens (primary N) is 1. The molecule has 4 heteroatoms. The molecular formula is C15H25N3O. The molecule has 0 heterocycles. The topological polar surface area (TPSA) is 58.4 Å².